The van der Waals surface area contributed by atoms with E-state index in [9.17, 15) is 18.4 Å². The zero-order valence-electron chi connectivity index (χ0n) is 26.9. The van der Waals surface area contributed by atoms with Gasteiger partial charge in [-0.05, 0) is 107 Å². The molecule has 0 radical (unpaired) electrons. The number of rotatable bonds is 6. The Morgan fingerprint density at radius 1 is 1.02 bits per heavy atom. The van der Waals surface area contributed by atoms with Crippen LogP contribution in [0, 0.1) is 11.6 Å². The van der Waals surface area contributed by atoms with Gasteiger partial charge in [-0.2, -0.15) is 0 Å². The Morgan fingerprint density at radius 2 is 1.65 bits per heavy atom. The van der Waals surface area contributed by atoms with Gasteiger partial charge in [0, 0.05) is 48.1 Å². The fourth-order valence-electron chi connectivity index (χ4n) is 6.96. The molecule has 8 heteroatoms. The molecule has 2 aromatic rings. The van der Waals surface area contributed by atoms with Crippen LogP contribution in [0.5, 0.6) is 0 Å². The summed E-state index contributed by atoms with van der Waals surface area (Å²) in [5.41, 5.74) is 3.18. The molecule has 3 saturated heterocycles. The van der Waals surface area contributed by atoms with Gasteiger partial charge in [0.25, 0.3) is 0 Å². The molecule has 0 spiro atoms. The summed E-state index contributed by atoms with van der Waals surface area (Å²) in [7, 11) is 0. The summed E-state index contributed by atoms with van der Waals surface area (Å²) in [6.45, 7) is 15.9. The minimum atomic E-state index is -0.503. The van der Waals surface area contributed by atoms with E-state index in [2.05, 4.69) is 44.0 Å². The number of fused-ring (bicyclic) bond motifs is 2. The van der Waals surface area contributed by atoms with Crippen molar-refractivity contribution in [1.29, 1.82) is 0 Å². The number of amides is 2. The lowest BCUT2D eigenvalue weighted by atomic mass is 9.81. The lowest BCUT2D eigenvalue weighted by Crippen LogP contribution is -2.41. The van der Waals surface area contributed by atoms with Gasteiger partial charge in [-0.15, -0.1) is 0 Å². The molecule has 3 heterocycles. The van der Waals surface area contributed by atoms with Crippen LogP contribution >= 0.6 is 11.6 Å². The third-order valence-corrected chi connectivity index (χ3v) is 9.34. The van der Waals surface area contributed by atoms with Crippen LogP contribution in [0.2, 0.25) is 5.02 Å². The number of nitrogens with one attached hydrogen (secondary N) is 1. The first-order valence-electron chi connectivity index (χ1n) is 15.9. The van der Waals surface area contributed by atoms with Gasteiger partial charge < -0.3 is 10.2 Å². The molecule has 3 aliphatic heterocycles. The molecule has 3 aliphatic rings. The van der Waals surface area contributed by atoms with Crippen LogP contribution in [0.25, 0.3) is 0 Å². The van der Waals surface area contributed by atoms with Crippen LogP contribution in [0.15, 0.2) is 36.4 Å². The number of nitrogens with zero attached hydrogens (tertiary/aromatic N) is 2. The Labute approximate surface area is 262 Å². The van der Waals surface area contributed by atoms with Gasteiger partial charge in [0.2, 0.25) is 12.3 Å². The van der Waals surface area contributed by atoms with Crippen LogP contribution in [-0.4, -0.2) is 52.8 Å². The number of piperidine rings is 1. The monoisotopic (exact) mass is 617 g/mol. The fourth-order valence-corrected chi connectivity index (χ4v) is 7.14. The third kappa shape index (κ3) is 8.78. The van der Waals surface area contributed by atoms with Gasteiger partial charge in [0.15, 0.2) is 0 Å². The van der Waals surface area contributed by atoms with E-state index < -0.39 is 11.6 Å². The van der Waals surface area contributed by atoms with Crippen molar-refractivity contribution >= 4 is 23.9 Å². The van der Waals surface area contributed by atoms with Crippen molar-refractivity contribution in [3.05, 3.63) is 69.7 Å². The molecule has 0 aliphatic carbocycles. The second kappa shape index (κ2) is 15.5. The molecule has 2 amide bonds. The summed E-state index contributed by atoms with van der Waals surface area (Å²) in [4.78, 5) is 27.2. The maximum atomic E-state index is 13.7. The van der Waals surface area contributed by atoms with Crippen molar-refractivity contribution in [1.82, 2.24) is 15.1 Å². The van der Waals surface area contributed by atoms with Gasteiger partial charge in [-0.25, -0.2) is 8.78 Å². The molecule has 2 bridgehead atoms. The van der Waals surface area contributed by atoms with Crippen LogP contribution < -0.4 is 5.32 Å². The van der Waals surface area contributed by atoms with E-state index in [4.69, 9.17) is 11.6 Å². The van der Waals surface area contributed by atoms with Gasteiger partial charge in [-0.3, -0.25) is 14.5 Å². The molecule has 5 nitrogen and oxygen atoms in total. The van der Waals surface area contributed by atoms with Gasteiger partial charge in [0.05, 0.1) is 6.04 Å². The van der Waals surface area contributed by atoms with Crippen molar-refractivity contribution < 1.29 is 18.4 Å². The van der Waals surface area contributed by atoms with E-state index in [-0.39, 0.29) is 23.4 Å². The first kappa shape index (κ1) is 35.0. The molecular formula is C35H50ClF2N3O2. The first-order chi connectivity index (χ1) is 20.4. The van der Waals surface area contributed by atoms with Crippen LogP contribution in [0.1, 0.15) is 122 Å². The molecule has 2 aromatic carbocycles. The van der Waals surface area contributed by atoms with E-state index in [0.717, 1.165) is 69.7 Å². The Hall–Kier alpha value is -2.51. The number of hydrogen-bond acceptors (Lipinski definition) is 3. The number of halogens is 3. The fraction of sp³-hybridized carbons (Fsp3) is 0.600. The lowest BCUT2D eigenvalue weighted by Gasteiger charge is -2.38. The Balaban J connectivity index is 0.000000235. The third-order valence-electron chi connectivity index (χ3n) is 9.10. The Kier molecular flexibility index (Phi) is 12.6. The molecule has 4 atom stereocenters. The predicted octanol–water partition coefficient (Wildman–Crippen LogP) is 8.37. The standard InChI is InChI=1S/C19H25ClN2O2.C14H19F2N.C2H6/c1-3-19(21-12(2)24)18-10-14(20)4-7-17(18)13-8-15-5-6-16(9-13)22(15)11-23;1-14(2,3)17-7-6-10(9-17)12-5-4-11(15)8-13(12)16;1-2/h4,7,10-11,13,15-16,19H,3,5-6,8-9H2,1-2H3,(H,21,24);4-5,8,10H,6-7,9H2,1-3H3;1-2H3/t;10-;/m.0./s1. The van der Waals surface area contributed by atoms with Crippen LogP contribution in [0.4, 0.5) is 8.78 Å². The predicted molar refractivity (Wildman–Crippen MR) is 171 cm³/mol. The number of carbonyl (C=O) groups excluding carboxylic acids is 2. The molecule has 43 heavy (non-hydrogen) atoms. The van der Waals surface area contributed by atoms with E-state index in [1.807, 2.05) is 30.9 Å². The van der Waals surface area contributed by atoms with Crippen molar-refractivity contribution in [2.24, 2.45) is 0 Å². The highest BCUT2D eigenvalue weighted by Crippen LogP contribution is 2.44. The smallest absolute Gasteiger partial charge is 0.217 e. The highest BCUT2D eigenvalue weighted by molar-refractivity contribution is 6.30. The van der Waals surface area contributed by atoms with Gasteiger partial charge in [0.1, 0.15) is 11.6 Å². The zero-order chi connectivity index (χ0) is 31.9. The summed E-state index contributed by atoms with van der Waals surface area (Å²) >= 11 is 6.24. The second-order valence-electron chi connectivity index (χ2n) is 12.8. The summed E-state index contributed by atoms with van der Waals surface area (Å²) in [6, 6.07) is 10.7. The molecule has 0 saturated carbocycles. The largest absolute Gasteiger partial charge is 0.350 e. The molecule has 3 fully saturated rings. The summed E-state index contributed by atoms with van der Waals surface area (Å²) in [5, 5.41) is 3.75. The highest BCUT2D eigenvalue weighted by atomic mass is 35.5. The van der Waals surface area contributed by atoms with Crippen LogP contribution in [-0.2, 0) is 9.59 Å². The summed E-state index contributed by atoms with van der Waals surface area (Å²) in [6.07, 6.45) is 7.00. The van der Waals surface area contributed by atoms with Crippen molar-refractivity contribution in [2.75, 3.05) is 13.1 Å². The van der Waals surface area contributed by atoms with Crippen molar-refractivity contribution in [3.63, 3.8) is 0 Å². The van der Waals surface area contributed by atoms with E-state index >= 15 is 0 Å². The van der Waals surface area contributed by atoms with Crippen molar-refractivity contribution in [3.8, 4) is 0 Å². The zero-order valence-corrected chi connectivity index (χ0v) is 27.7. The topological polar surface area (TPSA) is 52.7 Å². The molecule has 5 rings (SSSR count). The Morgan fingerprint density at radius 3 is 2.16 bits per heavy atom. The van der Waals surface area contributed by atoms with E-state index in [1.54, 1.807) is 13.0 Å². The molecule has 1 N–H and O–H groups in total. The van der Waals surface area contributed by atoms with Gasteiger partial charge in [-0.1, -0.05) is 44.5 Å². The first-order valence-corrected chi connectivity index (χ1v) is 16.3. The average Bonchev–Trinajstić information content (AvgIpc) is 3.55. The van der Waals surface area contributed by atoms with Crippen LogP contribution in [0.3, 0.4) is 0 Å². The quantitative estimate of drug-likeness (QED) is 0.331. The molecule has 0 aromatic heterocycles. The Bertz CT molecular complexity index is 1220. The second-order valence-corrected chi connectivity index (χ2v) is 13.2. The SMILES string of the molecule is CC.CC(C)(C)N1CC[C@H](c2ccc(F)cc2F)C1.CCC(NC(C)=O)c1cc(Cl)ccc1C1CC2CCC(C1)N2C=O. The summed E-state index contributed by atoms with van der Waals surface area (Å²) < 4.78 is 26.5. The number of hydrogen-bond donors (Lipinski definition) is 1. The minimum Gasteiger partial charge on any atom is -0.350 e. The number of likely N-dealkylation sites (tertiary alicyclic amines) is 1. The number of carbonyl (C=O) groups is 2. The molecular weight excluding hydrogens is 568 g/mol. The maximum absolute atomic E-state index is 13.7. The van der Waals surface area contributed by atoms with Crippen molar-refractivity contribution in [2.45, 2.75) is 122 Å². The van der Waals surface area contributed by atoms with E-state index in [0.29, 0.717) is 28.6 Å². The minimum absolute atomic E-state index is 0.0158. The normalized spacial score (nSPS) is 23.9. The molecule has 238 valence electrons. The highest BCUT2D eigenvalue weighted by Gasteiger charge is 2.41. The van der Waals surface area contributed by atoms with E-state index in [1.165, 1.54) is 11.6 Å². The average molecular weight is 618 g/mol. The van der Waals surface area contributed by atoms with Gasteiger partial charge >= 0.3 is 0 Å². The lowest BCUT2D eigenvalue weighted by molar-refractivity contribution is -0.122. The summed E-state index contributed by atoms with van der Waals surface area (Å²) in [5.74, 6) is -0.324. The maximum Gasteiger partial charge on any atom is 0.217 e. The number of benzene rings is 2. The molecule has 3 unspecified atom stereocenters.